The van der Waals surface area contributed by atoms with Crippen molar-refractivity contribution >= 4 is 81.5 Å². The number of piperazine rings is 1. The number of fused-ring (bicyclic) bond motifs is 1. The van der Waals surface area contributed by atoms with Crippen LogP contribution in [0.15, 0.2) is 43.1 Å². The number of nitrogens with zero attached hydrogens (tertiary/aromatic N) is 6. The Morgan fingerprint density at radius 1 is 1.02 bits per heavy atom. The van der Waals surface area contributed by atoms with Crippen LogP contribution in [-0.4, -0.2) is 91.2 Å². The SMILES string of the molecule is C=CC(=O)Nc1cc(N2CCN(C(=O)CCC(=O)O)CC2)ccc1Nc1ncc2c(n1)N(C)C(=O)N(c1c(Cl)c(OC)cc(OC)c1Cl)C2. The molecule has 3 aromatic rings. The maximum absolute atomic E-state index is 13.6. The number of carbonyl (C=O) groups is 4. The maximum Gasteiger partial charge on any atom is 0.330 e. The smallest absolute Gasteiger partial charge is 0.330 e. The second kappa shape index (κ2) is 14.9. The highest BCUT2D eigenvalue weighted by molar-refractivity contribution is 6.42. The Morgan fingerprint density at radius 2 is 1.69 bits per heavy atom. The van der Waals surface area contributed by atoms with Crippen LogP contribution >= 0.6 is 23.2 Å². The summed E-state index contributed by atoms with van der Waals surface area (Å²) in [6.07, 6.45) is 2.48. The third kappa shape index (κ3) is 7.42. The van der Waals surface area contributed by atoms with Crippen molar-refractivity contribution < 1.29 is 33.8 Å². The molecule has 15 nitrogen and oxygen atoms in total. The van der Waals surface area contributed by atoms with E-state index in [4.69, 9.17) is 37.8 Å². The van der Waals surface area contributed by atoms with Crippen LogP contribution in [0.2, 0.25) is 10.0 Å². The molecule has 3 N–H and O–H groups in total. The van der Waals surface area contributed by atoms with Gasteiger partial charge in [-0.05, 0) is 24.3 Å². The molecule has 4 amide bonds. The average molecular weight is 714 g/mol. The van der Waals surface area contributed by atoms with Gasteiger partial charge in [0.15, 0.2) is 0 Å². The van der Waals surface area contributed by atoms with E-state index in [-0.39, 0.29) is 58.5 Å². The highest BCUT2D eigenvalue weighted by Gasteiger charge is 2.35. The van der Waals surface area contributed by atoms with E-state index in [0.717, 1.165) is 11.8 Å². The van der Waals surface area contributed by atoms with Crippen molar-refractivity contribution in [3.05, 3.63) is 58.7 Å². The number of nitrogens with one attached hydrogen (secondary N) is 2. The molecule has 1 fully saturated rings. The lowest BCUT2D eigenvalue weighted by molar-refractivity contribution is -0.141. The number of carboxylic acid groups (broad SMARTS) is 1. The topological polar surface area (TPSA) is 170 Å². The number of rotatable bonds is 11. The molecule has 0 aliphatic carbocycles. The number of anilines is 6. The van der Waals surface area contributed by atoms with Crippen molar-refractivity contribution in [1.29, 1.82) is 0 Å². The lowest BCUT2D eigenvalue weighted by atomic mass is 10.1. The highest BCUT2D eigenvalue weighted by atomic mass is 35.5. The van der Waals surface area contributed by atoms with Gasteiger partial charge in [-0.1, -0.05) is 29.8 Å². The molecule has 17 heteroatoms. The van der Waals surface area contributed by atoms with Gasteiger partial charge >= 0.3 is 12.0 Å². The number of halogens is 2. The summed E-state index contributed by atoms with van der Waals surface area (Å²) in [7, 11) is 4.45. The summed E-state index contributed by atoms with van der Waals surface area (Å²) in [5.41, 5.74) is 2.53. The van der Waals surface area contributed by atoms with Crippen molar-refractivity contribution in [2.75, 3.05) is 72.8 Å². The number of amides is 4. The number of carbonyl (C=O) groups excluding carboxylic acids is 3. The van der Waals surface area contributed by atoms with Gasteiger partial charge in [-0.3, -0.25) is 24.2 Å². The van der Waals surface area contributed by atoms with Gasteiger partial charge in [0, 0.05) is 63.2 Å². The quantitative estimate of drug-likeness (QED) is 0.234. The Bertz CT molecular complexity index is 1790. The number of hydrogen-bond donors (Lipinski definition) is 3. The number of benzene rings is 2. The Kier molecular flexibility index (Phi) is 10.6. The molecule has 0 unspecified atom stereocenters. The van der Waals surface area contributed by atoms with Gasteiger partial charge in [-0.25, -0.2) is 9.78 Å². The summed E-state index contributed by atoms with van der Waals surface area (Å²) >= 11 is 13.2. The van der Waals surface area contributed by atoms with Crippen LogP contribution < -0.4 is 34.8 Å². The van der Waals surface area contributed by atoms with E-state index in [1.807, 2.05) is 6.07 Å². The van der Waals surface area contributed by atoms with Crippen LogP contribution in [0.1, 0.15) is 18.4 Å². The first-order chi connectivity index (χ1) is 23.4. The van der Waals surface area contributed by atoms with E-state index in [0.29, 0.717) is 48.9 Å². The molecule has 3 heterocycles. The highest BCUT2D eigenvalue weighted by Crippen LogP contribution is 2.48. The summed E-state index contributed by atoms with van der Waals surface area (Å²) in [4.78, 5) is 64.8. The zero-order valence-corrected chi connectivity index (χ0v) is 28.5. The molecule has 49 heavy (non-hydrogen) atoms. The number of hydrogen-bond acceptors (Lipinski definition) is 10. The molecule has 0 radical (unpaired) electrons. The Labute approximate surface area is 292 Å². The van der Waals surface area contributed by atoms with E-state index in [1.54, 1.807) is 30.3 Å². The predicted octanol–water partition coefficient (Wildman–Crippen LogP) is 4.76. The number of aliphatic carboxylic acids is 1. The van der Waals surface area contributed by atoms with Gasteiger partial charge in [-0.2, -0.15) is 4.98 Å². The molecule has 1 aromatic heterocycles. The summed E-state index contributed by atoms with van der Waals surface area (Å²) in [5.74, 6) is -0.553. The summed E-state index contributed by atoms with van der Waals surface area (Å²) < 4.78 is 10.7. The minimum atomic E-state index is -1.01. The largest absolute Gasteiger partial charge is 0.495 e. The summed E-state index contributed by atoms with van der Waals surface area (Å²) in [6, 6.07) is 6.49. The second-order valence-electron chi connectivity index (χ2n) is 11.0. The fourth-order valence-electron chi connectivity index (χ4n) is 5.49. The molecule has 2 aliphatic rings. The van der Waals surface area contributed by atoms with Crippen LogP contribution in [0, 0.1) is 0 Å². The van der Waals surface area contributed by atoms with Gasteiger partial charge in [-0.15, -0.1) is 0 Å². The Balaban J connectivity index is 1.37. The molecule has 1 saturated heterocycles. The molecule has 2 aliphatic heterocycles. The van der Waals surface area contributed by atoms with Crippen molar-refractivity contribution in [2.24, 2.45) is 0 Å². The predicted molar refractivity (Wildman–Crippen MR) is 186 cm³/mol. The molecule has 0 bridgehead atoms. The van der Waals surface area contributed by atoms with Crippen LogP contribution in [0.25, 0.3) is 0 Å². The minimum Gasteiger partial charge on any atom is -0.495 e. The van der Waals surface area contributed by atoms with Gasteiger partial charge in [0.05, 0.1) is 44.2 Å². The molecule has 0 spiro atoms. The van der Waals surface area contributed by atoms with E-state index in [2.05, 4.69) is 32.1 Å². The fourth-order valence-corrected chi connectivity index (χ4v) is 6.19. The lowest BCUT2D eigenvalue weighted by Crippen LogP contribution is -2.48. The second-order valence-corrected chi connectivity index (χ2v) is 11.8. The number of ether oxygens (including phenoxy) is 2. The van der Waals surface area contributed by atoms with Crippen LogP contribution in [0.5, 0.6) is 11.5 Å². The zero-order chi connectivity index (χ0) is 35.4. The molecule has 258 valence electrons. The van der Waals surface area contributed by atoms with Crippen molar-refractivity contribution in [1.82, 2.24) is 14.9 Å². The lowest BCUT2D eigenvalue weighted by Gasteiger charge is -2.36. The van der Waals surface area contributed by atoms with Crippen molar-refractivity contribution in [2.45, 2.75) is 19.4 Å². The van der Waals surface area contributed by atoms with Crippen LogP contribution in [-0.2, 0) is 20.9 Å². The van der Waals surface area contributed by atoms with E-state index >= 15 is 0 Å². The van der Waals surface area contributed by atoms with Gasteiger partial charge in [0.2, 0.25) is 17.8 Å². The van der Waals surface area contributed by atoms with E-state index in [9.17, 15) is 19.2 Å². The Hall–Kier alpha value is -5.28. The molecule has 5 rings (SSSR count). The summed E-state index contributed by atoms with van der Waals surface area (Å²) in [5, 5.41) is 15.1. The maximum atomic E-state index is 13.6. The average Bonchev–Trinajstić information content (AvgIpc) is 3.10. The van der Waals surface area contributed by atoms with Gasteiger partial charge in [0.25, 0.3) is 0 Å². The standard InChI is InChI=1S/C32H34Cl2N8O7/c1-5-24(43)36-21-14-19(40-10-12-41(13-11-40)25(44)8-9-26(45)46)6-7-20(21)37-31-35-16-18-17-42(32(47)39(2)30(18)38-31)29-27(33)22(48-3)15-23(49-4)28(29)34/h5-7,14-16H,1,8-13,17H2,2-4H3,(H,36,43)(H,45,46)(H,35,37,38). The van der Waals surface area contributed by atoms with Gasteiger partial charge < -0.3 is 35.0 Å². The van der Waals surface area contributed by atoms with Gasteiger partial charge in [0.1, 0.15) is 27.4 Å². The zero-order valence-electron chi connectivity index (χ0n) is 27.0. The minimum absolute atomic E-state index is 0.0411. The molecule has 2 aromatic carbocycles. The first kappa shape index (κ1) is 35.0. The number of aromatic nitrogens is 2. The van der Waals surface area contributed by atoms with Crippen molar-refractivity contribution in [3.63, 3.8) is 0 Å². The Morgan fingerprint density at radius 3 is 2.31 bits per heavy atom. The van der Waals surface area contributed by atoms with E-state index < -0.39 is 17.9 Å². The molecule has 0 atom stereocenters. The number of carboxylic acids is 1. The number of methoxy groups -OCH3 is 2. The number of urea groups is 1. The molecular weight excluding hydrogens is 679 g/mol. The van der Waals surface area contributed by atoms with E-state index in [1.165, 1.54) is 30.1 Å². The third-order valence-corrected chi connectivity index (χ3v) is 8.80. The van der Waals surface area contributed by atoms with Crippen molar-refractivity contribution in [3.8, 4) is 11.5 Å². The van der Waals surface area contributed by atoms with Crippen LogP contribution in [0.4, 0.5) is 39.3 Å². The first-order valence-corrected chi connectivity index (χ1v) is 15.8. The molecule has 0 saturated carbocycles. The third-order valence-electron chi connectivity index (χ3n) is 8.07. The molecular formula is C32H34Cl2N8O7. The monoisotopic (exact) mass is 712 g/mol. The van der Waals surface area contributed by atoms with Crippen LogP contribution in [0.3, 0.4) is 0 Å². The first-order valence-electron chi connectivity index (χ1n) is 15.1. The normalized spacial score (nSPS) is 14.3. The summed E-state index contributed by atoms with van der Waals surface area (Å²) in [6.45, 7) is 5.50. The fraction of sp³-hybridized carbons (Fsp3) is 0.312.